The molecule has 0 saturated heterocycles. The maximum atomic E-state index is 12.8. The molecule has 26 heavy (non-hydrogen) atoms. The summed E-state index contributed by atoms with van der Waals surface area (Å²) in [6, 6.07) is 7.46. The molecule has 0 aliphatic carbocycles. The SMILES string of the molecule is CC1(CO)C=Cc2c(ccc(-c3coc4cc(O)ccc4c3=O)c2O)O1. The molecule has 0 saturated carbocycles. The normalized spacial score (nSPS) is 18.5. The fraction of sp³-hybridized carbons (Fsp3) is 0.150. The van der Waals surface area contributed by atoms with Crippen LogP contribution < -0.4 is 10.2 Å². The van der Waals surface area contributed by atoms with Crippen LogP contribution in [-0.2, 0) is 0 Å². The van der Waals surface area contributed by atoms with Crippen LogP contribution in [0.4, 0.5) is 0 Å². The summed E-state index contributed by atoms with van der Waals surface area (Å²) in [5, 5.41) is 29.9. The topological polar surface area (TPSA) is 100 Å². The predicted octanol–water partition coefficient (Wildman–Crippen LogP) is 3.03. The highest BCUT2D eigenvalue weighted by Gasteiger charge is 2.29. The lowest BCUT2D eigenvalue weighted by Gasteiger charge is -2.30. The van der Waals surface area contributed by atoms with E-state index in [0.717, 1.165) is 0 Å². The van der Waals surface area contributed by atoms with Crippen LogP contribution in [0.1, 0.15) is 12.5 Å². The summed E-state index contributed by atoms with van der Waals surface area (Å²) in [6.07, 6.45) is 4.58. The fourth-order valence-electron chi connectivity index (χ4n) is 2.99. The Kier molecular flexibility index (Phi) is 3.52. The molecule has 1 aliphatic heterocycles. The van der Waals surface area contributed by atoms with Gasteiger partial charge >= 0.3 is 0 Å². The van der Waals surface area contributed by atoms with Crippen molar-refractivity contribution >= 4 is 17.0 Å². The van der Waals surface area contributed by atoms with Gasteiger partial charge in [0.1, 0.15) is 34.7 Å². The summed E-state index contributed by atoms with van der Waals surface area (Å²) >= 11 is 0. The Morgan fingerprint density at radius 1 is 1.12 bits per heavy atom. The zero-order valence-corrected chi connectivity index (χ0v) is 13.9. The molecule has 0 amide bonds. The fourth-order valence-corrected chi connectivity index (χ4v) is 2.99. The molecule has 0 fully saturated rings. The summed E-state index contributed by atoms with van der Waals surface area (Å²) in [6.45, 7) is 1.53. The molecule has 3 aromatic rings. The lowest BCUT2D eigenvalue weighted by Crippen LogP contribution is -2.35. The molecular formula is C20H16O6. The number of aliphatic hydroxyl groups is 1. The average Bonchev–Trinajstić information content (AvgIpc) is 2.63. The van der Waals surface area contributed by atoms with Crippen LogP contribution in [0.15, 0.2) is 51.9 Å². The van der Waals surface area contributed by atoms with Gasteiger partial charge in [0.05, 0.1) is 23.1 Å². The summed E-state index contributed by atoms with van der Waals surface area (Å²) in [5.41, 5.74) is 0.0326. The highest BCUT2D eigenvalue weighted by atomic mass is 16.5. The van der Waals surface area contributed by atoms with Gasteiger partial charge in [0.15, 0.2) is 0 Å². The third-order valence-corrected chi connectivity index (χ3v) is 4.49. The summed E-state index contributed by atoms with van der Waals surface area (Å²) in [7, 11) is 0. The van der Waals surface area contributed by atoms with Gasteiger partial charge in [-0.2, -0.15) is 0 Å². The minimum absolute atomic E-state index is 0.000698. The second kappa shape index (κ2) is 5.64. The van der Waals surface area contributed by atoms with E-state index < -0.39 is 5.60 Å². The maximum absolute atomic E-state index is 12.8. The van der Waals surface area contributed by atoms with E-state index in [-0.39, 0.29) is 34.7 Å². The number of fused-ring (bicyclic) bond motifs is 2. The van der Waals surface area contributed by atoms with Crippen LogP contribution in [0.5, 0.6) is 17.2 Å². The van der Waals surface area contributed by atoms with Crippen molar-refractivity contribution in [2.45, 2.75) is 12.5 Å². The van der Waals surface area contributed by atoms with Crippen LogP contribution in [0, 0.1) is 0 Å². The largest absolute Gasteiger partial charge is 0.508 e. The second-order valence-electron chi connectivity index (χ2n) is 6.44. The molecule has 3 N–H and O–H groups in total. The van der Waals surface area contributed by atoms with Crippen LogP contribution >= 0.6 is 0 Å². The van der Waals surface area contributed by atoms with Gasteiger partial charge in [0.2, 0.25) is 5.43 Å². The molecule has 132 valence electrons. The van der Waals surface area contributed by atoms with E-state index >= 15 is 0 Å². The van der Waals surface area contributed by atoms with Gasteiger partial charge < -0.3 is 24.5 Å². The minimum Gasteiger partial charge on any atom is -0.508 e. The molecule has 0 bridgehead atoms. The van der Waals surface area contributed by atoms with E-state index in [4.69, 9.17) is 9.15 Å². The number of hydrogen-bond donors (Lipinski definition) is 3. The Morgan fingerprint density at radius 3 is 2.69 bits per heavy atom. The van der Waals surface area contributed by atoms with Crippen molar-refractivity contribution in [2.24, 2.45) is 0 Å². The highest BCUT2D eigenvalue weighted by Crippen LogP contribution is 2.41. The van der Waals surface area contributed by atoms with Crippen molar-refractivity contribution in [3.05, 3.63) is 58.5 Å². The zero-order valence-electron chi connectivity index (χ0n) is 13.9. The molecular weight excluding hydrogens is 336 g/mol. The first-order valence-corrected chi connectivity index (χ1v) is 8.02. The van der Waals surface area contributed by atoms with Crippen molar-refractivity contribution in [3.8, 4) is 28.4 Å². The van der Waals surface area contributed by atoms with Crippen molar-refractivity contribution in [2.75, 3.05) is 6.61 Å². The minimum atomic E-state index is -0.856. The van der Waals surface area contributed by atoms with Crippen LogP contribution in [0.2, 0.25) is 0 Å². The van der Waals surface area contributed by atoms with Crippen molar-refractivity contribution < 1.29 is 24.5 Å². The molecule has 6 heteroatoms. The van der Waals surface area contributed by atoms with Gasteiger partial charge in [0, 0.05) is 11.6 Å². The first-order chi connectivity index (χ1) is 12.4. The molecule has 1 aliphatic rings. The predicted molar refractivity (Wildman–Crippen MR) is 96.4 cm³/mol. The summed E-state index contributed by atoms with van der Waals surface area (Å²) in [5.74, 6) is 0.309. The summed E-state index contributed by atoms with van der Waals surface area (Å²) in [4.78, 5) is 12.8. The number of aliphatic hydroxyl groups excluding tert-OH is 1. The highest BCUT2D eigenvalue weighted by molar-refractivity contribution is 5.86. The second-order valence-corrected chi connectivity index (χ2v) is 6.44. The number of phenols is 2. The van der Waals surface area contributed by atoms with Crippen molar-refractivity contribution in [1.82, 2.24) is 0 Å². The first-order valence-electron chi connectivity index (χ1n) is 8.02. The van der Waals surface area contributed by atoms with Gasteiger partial charge in [0.25, 0.3) is 0 Å². The monoisotopic (exact) mass is 352 g/mol. The van der Waals surface area contributed by atoms with E-state index in [1.807, 2.05) is 0 Å². The van der Waals surface area contributed by atoms with Crippen molar-refractivity contribution in [1.29, 1.82) is 0 Å². The molecule has 2 aromatic carbocycles. The number of hydrogen-bond acceptors (Lipinski definition) is 6. The van der Waals surface area contributed by atoms with Gasteiger partial charge in [-0.15, -0.1) is 0 Å². The average molecular weight is 352 g/mol. The molecule has 2 heterocycles. The quantitative estimate of drug-likeness (QED) is 0.655. The number of ether oxygens (including phenoxy) is 1. The van der Waals surface area contributed by atoms with E-state index in [1.165, 1.54) is 24.5 Å². The standard InChI is InChI=1S/C20H16O6/c1-20(10-21)7-6-14-16(26-20)5-4-12(18(14)23)15-9-25-17-8-11(22)2-3-13(17)19(15)24/h2-9,21-23H,10H2,1H3. The Hall–Kier alpha value is -3.25. The van der Waals surface area contributed by atoms with Crippen molar-refractivity contribution in [3.63, 3.8) is 0 Å². The Balaban J connectivity index is 1.88. The third-order valence-electron chi connectivity index (χ3n) is 4.49. The Bertz CT molecular complexity index is 1110. The first kappa shape index (κ1) is 16.2. The number of rotatable bonds is 2. The van der Waals surface area contributed by atoms with E-state index in [2.05, 4.69) is 0 Å². The van der Waals surface area contributed by atoms with Gasteiger partial charge in [-0.05, 0) is 43.3 Å². The van der Waals surface area contributed by atoms with E-state index in [0.29, 0.717) is 22.3 Å². The lowest BCUT2D eigenvalue weighted by molar-refractivity contribution is 0.0638. The lowest BCUT2D eigenvalue weighted by atomic mass is 9.96. The number of benzene rings is 2. The van der Waals surface area contributed by atoms with Crippen LogP contribution in [0.25, 0.3) is 28.2 Å². The van der Waals surface area contributed by atoms with Gasteiger partial charge in [-0.3, -0.25) is 4.79 Å². The molecule has 1 aromatic heterocycles. The van der Waals surface area contributed by atoms with Crippen LogP contribution in [0.3, 0.4) is 0 Å². The smallest absolute Gasteiger partial charge is 0.200 e. The molecule has 1 atom stereocenters. The maximum Gasteiger partial charge on any atom is 0.200 e. The Morgan fingerprint density at radius 2 is 1.92 bits per heavy atom. The van der Waals surface area contributed by atoms with E-state index in [9.17, 15) is 20.1 Å². The molecule has 0 radical (unpaired) electrons. The third kappa shape index (κ3) is 2.43. The van der Waals surface area contributed by atoms with Gasteiger partial charge in [-0.1, -0.05) is 0 Å². The molecule has 1 unspecified atom stereocenters. The molecule has 6 nitrogen and oxygen atoms in total. The zero-order chi connectivity index (χ0) is 18.5. The molecule has 4 rings (SSSR count). The molecule has 0 spiro atoms. The van der Waals surface area contributed by atoms with Crippen LogP contribution in [-0.4, -0.2) is 27.5 Å². The number of aromatic hydroxyl groups is 2. The Labute approximate surface area is 148 Å². The number of phenolic OH excluding ortho intramolecular Hbond substituents is 2. The summed E-state index contributed by atoms with van der Waals surface area (Å²) < 4.78 is 11.2. The van der Waals surface area contributed by atoms with Gasteiger partial charge in [-0.25, -0.2) is 0 Å². The van der Waals surface area contributed by atoms with E-state index in [1.54, 1.807) is 31.2 Å².